The molecule has 0 radical (unpaired) electrons. The normalized spacial score (nSPS) is 11.5. The standard InChI is InChI=1S/C12H6Br4.C6H3Br3.C4H8O.C4H9.4ClH.Li.Mg.Ti/c13-9-1-7(2-10(14)5-9)8-3-11(15)6-12(16)4-8;7-4-1-5(8)3-6(9)2-4;1-2-4-5-3-1;1-3-4-2;;;;;;;/h1-6H;1-3H;1-4H2;1,3-4H2,2H3;4*1H;;;/q;;;-1;;;;;;+1;+4/p-4. The van der Waals surface area contributed by atoms with Crippen molar-refractivity contribution in [3.05, 3.63) is 92.8 Å². The van der Waals surface area contributed by atoms with Gasteiger partial charge in [0.1, 0.15) is 0 Å². The van der Waals surface area contributed by atoms with Gasteiger partial charge in [-0.1, -0.05) is 125 Å². The molecule has 0 aromatic heterocycles. The molecule has 0 aliphatic carbocycles. The van der Waals surface area contributed by atoms with Crippen molar-refractivity contribution in [2.75, 3.05) is 13.2 Å². The number of benzene rings is 3. The molecule has 3 aromatic carbocycles. The third kappa shape index (κ3) is 31.3. The molecule has 1 saturated heterocycles. The molecule has 41 heavy (non-hydrogen) atoms. The van der Waals surface area contributed by atoms with Crippen LogP contribution in [0.3, 0.4) is 0 Å². The first kappa shape index (κ1) is 47.3. The molecule has 15 heteroatoms. The van der Waals surface area contributed by atoms with Crippen LogP contribution in [0.15, 0.2) is 85.9 Å². The third-order valence-corrected chi connectivity index (χ3v) is 7.27. The van der Waals surface area contributed by atoms with E-state index in [1.165, 1.54) is 30.4 Å². The zero-order valence-electron chi connectivity index (χ0n) is 22.4. The molecule has 0 N–H and O–H groups in total. The molecular weight excluding hydrogens is 1110 g/mol. The monoisotopic (exact) mass is 1130 g/mol. The van der Waals surface area contributed by atoms with Crippen LogP contribution in [0.1, 0.15) is 32.6 Å². The van der Waals surface area contributed by atoms with E-state index in [4.69, 9.17) is 42.0 Å². The van der Waals surface area contributed by atoms with Crippen LogP contribution in [0.2, 0.25) is 0 Å². The van der Waals surface area contributed by atoms with Crippen LogP contribution in [-0.4, -0.2) is 46.8 Å². The average molecular weight is 1130 g/mol. The molecule has 0 unspecified atom stereocenters. The van der Waals surface area contributed by atoms with Gasteiger partial charge in [0.05, 0.1) is 0 Å². The van der Waals surface area contributed by atoms with Crippen molar-refractivity contribution in [3.63, 3.8) is 0 Å². The van der Waals surface area contributed by atoms with E-state index in [9.17, 15) is 0 Å². The number of rotatable bonds is 2. The van der Waals surface area contributed by atoms with Crippen molar-refractivity contribution in [1.29, 1.82) is 0 Å². The SMILES string of the molecule is Brc1cc(Br)cc(-c2cc(Br)cc(Br)c2)c1.Brc1cc(Br)cc(Br)c1.C1CCOC1.[CH2-]CCC.[Cl][Ti]([Cl])([Cl])[Cl].[Li][Mg+]. The summed E-state index contributed by atoms with van der Waals surface area (Å²) in [5.41, 5.74) is 2.34. The molecule has 4 rings (SSSR count). The zero-order valence-corrected chi connectivity index (χ0v) is 39.5. The molecule has 3 aromatic rings. The predicted octanol–water partition coefficient (Wildman–Crippen LogP) is 14.8. The van der Waals surface area contributed by atoms with Crippen molar-refractivity contribution in [2.24, 2.45) is 0 Å². The summed E-state index contributed by atoms with van der Waals surface area (Å²) in [6, 6.07) is 18.4. The van der Waals surface area contributed by atoms with Crippen molar-refractivity contribution >= 4 is 182 Å². The van der Waals surface area contributed by atoms with E-state index in [-0.39, 0.29) is 0 Å². The van der Waals surface area contributed by atoms with E-state index in [2.05, 4.69) is 150 Å². The van der Waals surface area contributed by atoms with Crippen LogP contribution in [0, 0.1) is 6.92 Å². The number of ether oxygens (including phenoxy) is 1. The Morgan fingerprint density at radius 2 is 0.829 bits per heavy atom. The molecule has 0 bridgehead atoms. The molecule has 1 aliphatic heterocycles. The zero-order chi connectivity index (χ0) is 32.0. The molecule has 0 saturated carbocycles. The van der Waals surface area contributed by atoms with Crippen molar-refractivity contribution in [1.82, 2.24) is 0 Å². The quantitative estimate of drug-likeness (QED) is 0.184. The molecular formula is C26H26Br7Cl4LiMgOTi. The Balaban J connectivity index is 0. The number of halogens is 11. The van der Waals surface area contributed by atoms with Crippen LogP contribution in [-0.2, 0) is 17.1 Å². The molecule has 0 amide bonds. The molecule has 220 valence electrons. The number of hydrogen-bond donors (Lipinski definition) is 0. The van der Waals surface area contributed by atoms with Crippen LogP contribution in [0.5, 0.6) is 0 Å². The molecule has 1 heterocycles. The Morgan fingerprint density at radius 3 is 0.976 bits per heavy atom. The van der Waals surface area contributed by atoms with Crippen molar-refractivity contribution in [2.45, 2.75) is 32.6 Å². The van der Waals surface area contributed by atoms with Crippen molar-refractivity contribution < 1.29 is 17.1 Å². The van der Waals surface area contributed by atoms with Gasteiger partial charge in [-0.2, -0.15) is 6.42 Å². The summed E-state index contributed by atoms with van der Waals surface area (Å²) in [6.45, 7) is 7.72. The Morgan fingerprint density at radius 1 is 0.634 bits per heavy atom. The minimum absolute atomic E-state index is 1.00. The van der Waals surface area contributed by atoms with Gasteiger partial charge in [-0.15, -0.1) is 0 Å². The third-order valence-electron chi connectivity index (χ3n) is 4.07. The van der Waals surface area contributed by atoms with E-state index in [0.29, 0.717) is 0 Å². The van der Waals surface area contributed by atoms with Gasteiger partial charge in [-0.25, -0.2) is 0 Å². The first-order valence-corrected chi connectivity index (χ1v) is 27.6. The van der Waals surface area contributed by atoms with Gasteiger partial charge >= 0.3 is 83.1 Å². The Labute approximate surface area is 343 Å². The summed E-state index contributed by atoms with van der Waals surface area (Å²) in [4.78, 5) is 0. The molecule has 0 spiro atoms. The van der Waals surface area contributed by atoms with Crippen molar-refractivity contribution in [3.8, 4) is 11.1 Å². The second kappa shape index (κ2) is 29.2. The fourth-order valence-corrected chi connectivity index (χ4v) is 7.46. The van der Waals surface area contributed by atoms with E-state index < -0.39 is 12.3 Å². The van der Waals surface area contributed by atoms with Gasteiger partial charge in [0, 0.05) is 44.5 Å². The Bertz CT molecular complexity index is 972. The number of unbranched alkanes of at least 4 members (excludes halogenated alkanes) is 1. The predicted molar refractivity (Wildman–Crippen MR) is 207 cm³/mol. The molecule has 1 nitrogen and oxygen atoms in total. The fraction of sp³-hybridized carbons (Fsp3) is 0.269. The van der Waals surface area contributed by atoms with E-state index >= 15 is 0 Å². The first-order chi connectivity index (χ1) is 19.1. The second-order valence-electron chi connectivity index (χ2n) is 7.51. The summed E-state index contributed by atoms with van der Waals surface area (Å²) in [6.07, 6.45) is 4.83. The maximum atomic E-state index is 5.01. The molecule has 0 atom stereocenters. The van der Waals surface area contributed by atoms with Crippen LogP contribution >= 0.6 is 149 Å². The van der Waals surface area contributed by atoms with Gasteiger partial charge in [-0.05, 0) is 78.6 Å². The van der Waals surface area contributed by atoms with E-state index in [0.717, 1.165) is 50.9 Å². The summed E-state index contributed by atoms with van der Waals surface area (Å²) in [5.74, 6) is 0. The average Bonchev–Trinajstić information content (AvgIpc) is 3.43. The maximum absolute atomic E-state index is 5.01. The van der Waals surface area contributed by atoms with Gasteiger partial charge in [-0.3, -0.25) is 0 Å². The van der Waals surface area contributed by atoms with Gasteiger partial charge < -0.3 is 11.7 Å². The van der Waals surface area contributed by atoms with E-state index in [1.807, 2.05) is 63.9 Å². The van der Waals surface area contributed by atoms with Crippen LogP contribution in [0.25, 0.3) is 11.1 Å². The van der Waals surface area contributed by atoms with Gasteiger partial charge in [0.2, 0.25) is 0 Å². The summed E-state index contributed by atoms with van der Waals surface area (Å²) >= 11 is 24.8. The Hall–Kier alpha value is 4.22. The first-order valence-electron chi connectivity index (χ1n) is 12.0. The van der Waals surface area contributed by atoms with Gasteiger partial charge in [0.15, 0.2) is 0 Å². The van der Waals surface area contributed by atoms with E-state index in [1.54, 1.807) is 0 Å². The Kier molecular flexibility index (Phi) is 33.7. The second-order valence-corrected chi connectivity index (χ2v) is 29.4. The van der Waals surface area contributed by atoms with Gasteiger partial charge in [0.25, 0.3) is 0 Å². The number of hydrogen-bond acceptors (Lipinski definition) is 1. The topological polar surface area (TPSA) is 9.23 Å². The summed E-state index contributed by atoms with van der Waals surface area (Å²) in [5, 5.41) is 0. The summed E-state index contributed by atoms with van der Waals surface area (Å²) in [7, 11) is 20.1. The fourth-order valence-electron chi connectivity index (χ4n) is 2.47. The molecule has 1 aliphatic rings. The summed E-state index contributed by atoms with van der Waals surface area (Å²) < 4.78 is 12.4. The minimum atomic E-state index is -3.11. The van der Waals surface area contributed by atoms with Crippen LogP contribution in [0.4, 0.5) is 0 Å². The molecule has 1 fully saturated rings. The van der Waals surface area contributed by atoms with Crippen LogP contribution < -0.4 is 0 Å².